The highest BCUT2D eigenvalue weighted by Crippen LogP contribution is 2.20. The second kappa shape index (κ2) is 11.4. The van der Waals surface area contributed by atoms with Crippen molar-refractivity contribution in [1.29, 1.82) is 5.41 Å². The molecule has 0 bridgehead atoms. The SMILES string of the molecule is CNC(=O)Cc1cc(OC(=O)c2ccc(NC(=N)N)cc2)ccc1C(=O)O.CS(=O)(=O)O. The normalized spacial score (nSPS) is 10.2. The van der Waals surface area contributed by atoms with Gasteiger partial charge in [-0.3, -0.25) is 14.8 Å². The van der Waals surface area contributed by atoms with E-state index in [-0.39, 0.29) is 40.7 Å². The molecule has 0 atom stereocenters. The third-order valence-corrected chi connectivity index (χ3v) is 3.55. The number of nitrogens with one attached hydrogen (secondary N) is 3. The summed E-state index contributed by atoms with van der Waals surface area (Å²) in [7, 11) is -2.22. The van der Waals surface area contributed by atoms with E-state index in [0.29, 0.717) is 11.9 Å². The Balaban J connectivity index is 0.000000920. The van der Waals surface area contributed by atoms with Gasteiger partial charge < -0.3 is 26.2 Å². The Morgan fingerprint density at radius 2 is 1.69 bits per heavy atom. The number of anilines is 1. The minimum absolute atomic E-state index is 0.0435. The minimum atomic E-state index is -3.67. The highest BCUT2D eigenvalue weighted by Gasteiger charge is 2.16. The van der Waals surface area contributed by atoms with Gasteiger partial charge in [-0.2, -0.15) is 8.42 Å². The number of carboxylic acids is 1. The highest BCUT2D eigenvalue weighted by atomic mass is 32.2. The molecule has 0 aromatic heterocycles. The van der Waals surface area contributed by atoms with E-state index in [4.69, 9.17) is 20.4 Å². The first kappa shape index (κ1) is 26.1. The molecule has 0 aliphatic heterocycles. The Kier molecular flexibility index (Phi) is 9.31. The van der Waals surface area contributed by atoms with Crippen molar-refractivity contribution in [3.8, 4) is 5.75 Å². The maximum Gasteiger partial charge on any atom is 0.343 e. The van der Waals surface area contributed by atoms with Crippen LogP contribution in [0.4, 0.5) is 5.69 Å². The number of hydrogen-bond donors (Lipinski definition) is 6. The van der Waals surface area contributed by atoms with E-state index in [1.807, 2.05) is 0 Å². The zero-order valence-electron chi connectivity index (χ0n) is 17.1. The summed E-state index contributed by atoms with van der Waals surface area (Å²) in [5, 5.41) is 21.4. The summed E-state index contributed by atoms with van der Waals surface area (Å²) in [4.78, 5) is 35.1. The molecule has 0 radical (unpaired) electrons. The number of nitrogens with two attached hydrogens (primary N) is 1. The van der Waals surface area contributed by atoms with Gasteiger partial charge in [0, 0.05) is 12.7 Å². The van der Waals surface area contributed by atoms with Crippen molar-refractivity contribution < 1.29 is 37.2 Å². The van der Waals surface area contributed by atoms with Crippen LogP contribution in [0.15, 0.2) is 42.5 Å². The Labute approximate surface area is 183 Å². The number of carbonyl (C=O) groups excluding carboxylic acids is 2. The monoisotopic (exact) mass is 466 g/mol. The molecule has 0 aliphatic carbocycles. The average molecular weight is 466 g/mol. The lowest BCUT2D eigenvalue weighted by molar-refractivity contribution is -0.119. The molecule has 172 valence electrons. The van der Waals surface area contributed by atoms with Crippen LogP contribution in [0.2, 0.25) is 0 Å². The standard InChI is InChI=1S/C18H18N4O5.CH4O3S/c1-21-15(23)9-11-8-13(6-7-14(11)16(24)25)27-17(26)10-2-4-12(5-3-10)22-18(19)20;1-5(2,3)4/h2-8H,9H2,1H3,(H,21,23)(H,24,25)(H4,19,20,22);1H3,(H,2,3,4). The molecule has 12 nitrogen and oxygen atoms in total. The summed E-state index contributed by atoms with van der Waals surface area (Å²) in [6.45, 7) is 0. The van der Waals surface area contributed by atoms with Crippen LogP contribution in [-0.2, 0) is 21.3 Å². The number of carboxylic acid groups (broad SMARTS) is 1. The molecule has 0 saturated heterocycles. The van der Waals surface area contributed by atoms with Gasteiger partial charge >= 0.3 is 11.9 Å². The van der Waals surface area contributed by atoms with E-state index >= 15 is 0 Å². The van der Waals surface area contributed by atoms with Gasteiger partial charge in [-0.05, 0) is 48.0 Å². The number of esters is 1. The molecule has 32 heavy (non-hydrogen) atoms. The van der Waals surface area contributed by atoms with Crippen LogP contribution in [0, 0.1) is 5.41 Å². The predicted octanol–water partition coefficient (Wildman–Crippen LogP) is 0.702. The third-order valence-electron chi connectivity index (χ3n) is 3.55. The first-order valence-electron chi connectivity index (χ1n) is 8.72. The molecule has 0 saturated carbocycles. The van der Waals surface area contributed by atoms with Gasteiger partial charge in [-0.25, -0.2) is 9.59 Å². The molecule has 0 unspecified atom stereocenters. The van der Waals surface area contributed by atoms with Crippen LogP contribution in [0.3, 0.4) is 0 Å². The molecule has 13 heteroatoms. The molecule has 7 N–H and O–H groups in total. The molecule has 2 aromatic rings. The molecule has 2 aromatic carbocycles. The van der Waals surface area contributed by atoms with E-state index in [1.165, 1.54) is 37.4 Å². The first-order chi connectivity index (χ1) is 14.8. The number of ether oxygens (including phenoxy) is 1. The molecule has 0 fully saturated rings. The van der Waals surface area contributed by atoms with E-state index in [9.17, 15) is 27.9 Å². The number of rotatable bonds is 6. The lowest BCUT2D eigenvalue weighted by atomic mass is 10.0. The Bertz CT molecular complexity index is 1110. The zero-order valence-corrected chi connectivity index (χ0v) is 17.9. The summed E-state index contributed by atoms with van der Waals surface area (Å²) < 4.78 is 31.1. The topological polar surface area (TPSA) is 209 Å². The summed E-state index contributed by atoms with van der Waals surface area (Å²) in [6, 6.07) is 10.1. The molecule has 2 rings (SSSR count). The number of amides is 1. The van der Waals surface area contributed by atoms with Gasteiger partial charge in [0.05, 0.1) is 23.8 Å². The van der Waals surface area contributed by atoms with Crippen LogP contribution in [0.5, 0.6) is 5.75 Å². The summed E-state index contributed by atoms with van der Waals surface area (Å²) in [6.07, 6.45) is 0.557. The number of benzene rings is 2. The smallest absolute Gasteiger partial charge is 0.343 e. The average Bonchev–Trinajstić information content (AvgIpc) is 2.66. The predicted molar refractivity (Wildman–Crippen MR) is 116 cm³/mol. The Morgan fingerprint density at radius 3 is 2.16 bits per heavy atom. The van der Waals surface area contributed by atoms with Crippen molar-refractivity contribution in [2.24, 2.45) is 5.73 Å². The van der Waals surface area contributed by atoms with Crippen molar-refractivity contribution >= 4 is 39.6 Å². The van der Waals surface area contributed by atoms with Crippen molar-refractivity contribution in [2.75, 3.05) is 18.6 Å². The summed E-state index contributed by atoms with van der Waals surface area (Å²) >= 11 is 0. The van der Waals surface area contributed by atoms with Crippen molar-refractivity contribution in [2.45, 2.75) is 6.42 Å². The fourth-order valence-electron chi connectivity index (χ4n) is 2.26. The van der Waals surface area contributed by atoms with Gasteiger partial charge in [0.25, 0.3) is 10.1 Å². The molecule has 0 heterocycles. The molecular formula is C19H22N4O8S. The van der Waals surface area contributed by atoms with E-state index in [0.717, 1.165) is 0 Å². The fraction of sp³-hybridized carbons (Fsp3) is 0.158. The van der Waals surface area contributed by atoms with Crippen molar-refractivity contribution in [1.82, 2.24) is 5.32 Å². The lowest BCUT2D eigenvalue weighted by Crippen LogP contribution is -2.21. The van der Waals surface area contributed by atoms with Crippen LogP contribution < -0.4 is 21.1 Å². The van der Waals surface area contributed by atoms with E-state index in [2.05, 4.69) is 10.6 Å². The number of guanidine groups is 1. The number of aromatic carboxylic acids is 1. The van der Waals surface area contributed by atoms with E-state index < -0.39 is 22.1 Å². The summed E-state index contributed by atoms with van der Waals surface area (Å²) in [5.74, 6) is -2.31. The molecule has 0 aliphatic rings. The van der Waals surface area contributed by atoms with Gasteiger partial charge in [0.2, 0.25) is 5.91 Å². The molecule has 0 spiro atoms. The maximum absolute atomic E-state index is 12.3. The third kappa shape index (κ3) is 9.69. The first-order valence-corrected chi connectivity index (χ1v) is 10.6. The second-order valence-corrected chi connectivity index (χ2v) is 7.68. The minimum Gasteiger partial charge on any atom is -0.478 e. The van der Waals surface area contributed by atoms with Gasteiger partial charge in [0.1, 0.15) is 5.75 Å². The number of carbonyl (C=O) groups is 3. The number of likely N-dealkylation sites (N-methyl/N-ethyl adjacent to an activating group) is 1. The highest BCUT2D eigenvalue weighted by molar-refractivity contribution is 7.85. The number of hydrogen-bond acceptors (Lipinski definition) is 7. The zero-order chi connectivity index (χ0) is 24.5. The van der Waals surface area contributed by atoms with Gasteiger partial charge in [-0.1, -0.05) is 0 Å². The van der Waals surface area contributed by atoms with Crippen LogP contribution in [-0.4, -0.2) is 55.2 Å². The van der Waals surface area contributed by atoms with Gasteiger partial charge in [0.15, 0.2) is 5.96 Å². The second-order valence-electron chi connectivity index (χ2n) is 6.21. The lowest BCUT2D eigenvalue weighted by Gasteiger charge is -2.10. The van der Waals surface area contributed by atoms with Crippen LogP contribution >= 0.6 is 0 Å². The Morgan fingerprint density at radius 1 is 1.12 bits per heavy atom. The van der Waals surface area contributed by atoms with E-state index in [1.54, 1.807) is 12.1 Å². The quantitative estimate of drug-likeness (QED) is 0.115. The van der Waals surface area contributed by atoms with Crippen LogP contribution in [0.25, 0.3) is 0 Å². The van der Waals surface area contributed by atoms with Crippen molar-refractivity contribution in [3.05, 3.63) is 59.2 Å². The van der Waals surface area contributed by atoms with Crippen molar-refractivity contribution in [3.63, 3.8) is 0 Å². The largest absolute Gasteiger partial charge is 0.478 e. The summed E-state index contributed by atoms with van der Waals surface area (Å²) in [5.41, 5.74) is 6.20. The van der Waals surface area contributed by atoms with Gasteiger partial charge in [-0.15, -0.1) is 0 Å². The molecule has 1 amide bonds. The Hall–Kier alpha value is -3.97. The van der Waals surface area contributed by atoms with Crippen LogP contribution in [0.1, 0.15) is 26.3 Å². The molecular weight excluding hydrogens is 444 g/mol. The fourth-order valence-corrected chi connectivity index (χ4v) is 2.26. The maximum atomic E-state index is 12.3.